The van der Waals surface area contributed by atoms with Crippen LogP contribution in [0.3, 0.4) is 0 Å². The third-order valence-electron chi connectivity index (χ3n) is 4.98. The minimum absolute atomic E-state index is 0.0148. The molecule has 36 heavy (non-hydrogen) atoms. The molecule has 0 N–H and O–H groups in total. The van der Waals surface area contributed by atoms with E-state index in [1.54, 1.807) is 42.5 Å². The van der Waals surface area contributed by atoms with E-state index >= 15 is 0 Å². The largest absolute Gasteiger partial charge is 0.481 e. The number of ether oxygens (including phenoxy) is 1. The maximum Gasteiger partial charge on any atom is 0.267 e. The van der Waals surface area contributed by atoms with Gasteiger partial charge in [0.2, 0.25) is 16.9 Å². The van der Waals surface area contributed by atoms with Gasteiger partial charge in [0.1, 0.15) is 30.6 Å². The molecule has 0 aliphatic heterocycles. The second-order valence-corrected chi connectivity index (χ2v) is 9.52. The van der Waals surface area contributed by atoms with Crippen molar-refractivity contribution >= 4 is 15.9 Å². The monoisotopic (exact) mass is 512 g/mol. The van der Waals surface area contributed by atoms with Gasteiger partial charge in [-0.05, 0) is 35.4 Å². The van der Waals surface area contributed by atoms with E-state index in [4.69, 9.17) is 17.8 Å². The summed E-state index contributed by atoms with van der Waals surface area (Å²) in [5.41, 5.74) is 0.827. The molecule has 186 valence electrons. The lowest BCUT2D eigenvalue weighted by Crippen LogP contribution is -2.16. The highest BCUT2D eigenvalue weighted by Gasteiger charge is 2.25. The fourth-order valence-electron chi connectivity index (χ4n) is 3.29. The van der Waals surface area contributed by atoms with E-state index in [9.17, 15) is 22.4 Å². The predicted octanol–water partition coefficient (Wildman–Crippen LogP) is 4.25. The highest BCUT2D eigenvalue weighted by atomic mass is 32.2. The Morgan fingerprint density at radius 3 is 2.31 bits per heavy atom. The number of carbonyl (C=O) groups excluding carboxylic acids is 1. The first-order valence-corrected chi connectivity index (χ1v) is 12.6. The molecule has 4 aromatic rings. The molecule has 0 aliphatic carbocycles. The van der Waals surface area contributed by atoms with Crippen molar-refractivity contribution in [2.45, 2.75) is 19.6 Å². The summed E-state index contributed by atoms with van der Waals surface area (Å²) in [6, 6.07) is 18.8. The molecule has 2 aromatic carbocycles. The lowest BCUT2D eigenvalue weighted by atomic mass is 10.1. The van der Waals surface area contributed by atoms with Crippen molar-refractivity contribution < 1.29 is 35.4 Å². The van der Waals surface area contributed by atoms with Crippen LogP contribution in [-0.2, 0) is 33.9 Å². The molecule has 0 bridgehead atoms. The van der Waals surface area contributed by atoms with Crippen LogP contribution in [0.5, 0.6) is 5.75 Å². The molecule has 0 spiro atoms. The number of halogens is 1. The van der Waals surface area contributed by atoms with Gasteiger partial charge in [-0.2, -0.15) is 8.42 Å². The Morgan fingerprint density at radius 2 is 1.61 bits per heavy atom. The van der Waals surface area contributed by atoms with Gasteiger partial charge in [0.15, 0.2) is 5.76 Å². The Bertz CT molecular complexity index is 1520. The van der Waals surface area contributed by atoms with Crippen LogP contribution in [0.2, 0.25) is 0 Å². The first-order chi connectivity index (χ1) is 17.2. The molecule has 10 heteroatoms. The molecular formula is C26H21FO8S. The number of carbonyl (C=O) groups is 1. The number of hydrogen-bond donors (Lipinski definition) is 0. The molecule has 8 nitrogen and oxygen atoms in total. The Labute approximate surface area is 206 Å². The van der Waals surface area contributed by atoms with Crippen LogP contribution >= 0.6 is 0 Å². The van der Waals surface area contributed by atoms with Gasteiger partial charge in [0.05, 0.1) is 6.26 Å². The van der Waals surface area contributed by atoms with Gasteiger partial charge in [-0.1, -0.05) is 42.5 Å². The zero-order valence-corrected chi connectivity index (χ0v) is 19.9. The molecule has 0 amide bonds. The van der Waals surface area contributed by atoms with E-state index in [1.807, 2.05) is 6.07 Å². The van der Waals surface area contributed by atoms with Crippen molar-refractivity contribution in [1.82, 2.24) is 0 Å². The van der Waals surface area contributed by atoms with Crippen LogP contribution in [0, 0.1) is 5.82 Å². The third-order valence-corrected chi connectivity index (χ3v) is 5.53. The maximum atomic E-state index is 13.3. The molecule has 0 atom stereocenters. The van der Waals surface area contributed by atoms with Crippen molar-refractivity contribution in [2.75, 3.05) is 6.26 Å². The van der Waals surface area contributed by atoms with Crippen LogP contribution in [0.15, 0.2) is 86.4 Å². The van der Waals surface area contributed by atoms with E-state index < -0.39 is 33.7 Å². The van der Waals surface area contributed by atoms with Gasteiger partial charge in [-0.25, -0.2) is 4.39 Å². The lowest BCUT2D eigenvalue weighted by Gasteiger charge is -2.10. The van der Waals surface area contributed by atoms with Gasteiger partial charge in [0, 0.05) is 12.5 Å². The summed E-state index contributed by atoms with van der Waals surface area (Å²) in [6.07, 6.45) is 1.15. The summed E-state index contributed by atoms with van der Waals surface area (Å²) in [5.74, 6) is -1.82. The number of hydrogen-bond acceptors (Lipinski definition) is 8. The molecule has 0 saturated heterocycles. The molecule has 0 fully saturated rings. The number of ketones is 1. The van der Waals surface area contributed by atoms with Gasteiger partial charge in [-0.15, -0.1) is 0 Å². The standard InChI is InChI=1S/C26H21FO8S/c1-36(30,31)33-16-21-14-22(28)25(32-15-18-5-3-2-4-6-18)26(35-21)24(29)23-12-11-20(34-23)13-17-7-9-19(27)10-8-17/h2-12,14H,13,15-16H2,1H3. The molecule has 0 saturated carbocycles. The fraction of sp³-hybridized carbons (Fsp3) is 0.154. The summed E-state index contributed by atoms with van der Waals surface area (Å²) < 4.78 is 57.4. The quantitative estimate of drug-likeness (QED) is 0.229. The zero-order chi connectivity index (χ0) is 25.7. The highest BCUT2D eigenvalue weighted by Crippen LogP contribution is 2.24. The summed E-state index contributed by atoms with van der Waals surface area (Å²) in [4.78, 5) is 26.1. The second kappa shape index (κ2) is 10.7. The fourth-order valence-corrected chi connectivity index (χ4v) is 3.62. The first-order valence-electron chi connectivity index (χ1n) is 10.7. The van der Waals surface area contributed by atoms with Crippen molar-refractivity contribution in [3.05, 3.63) is 123 Å². The van der Waals surface area contributed by atoms with Crippen molar-refractivity contribution in [2.24, 2.45) is 0 Å². The van der Waals surface area contributed by atoms with Crippen LogP contribution in [-0.4, -0.2) is 20.5 Å². The van der Waals surface area contributed by atoms with E-state index in [0.29, 0.717) is 12.2 Å². The summed E-state index contributed by atoms with van der Waals surface area (Å²) in [7, 11) is -3.83. The van der Waals surface area contributed by atoms with Crippen LogP contribution < -0.4 is 10.2 Å². The van der Waals surface area contributed by atoms with Gasteiger partial charge in [0.25, 0.3) is 15.9 Å². The average Bonchev–Trinajstić information content (AvgIpc) is 3.31. The predicted molar refractivity (Wildman–Crippen MR) is 127 cm³/mol. The summed E-state index contributed by atoms with van der Waals surface area (Å²) in [5, 5.41) is 0. The van der Waals surface area contributed by atoms with E-state index in [0.717, 1.165) is 23.4 Å². The van der Waals surface area contributed by atoms with Crippen LogP contribution in [0.1, 0.15) is 39.0 Å². The summed E-state index contributed by atoms with van der Waals surface area (Å²) in [6.45, 7) is -0.597. The zero-order valence-electron chi connectivity index (χ0n) is 19.1. The van der Waals surface area contributed by atoms with E-state index in [-0.39, 0.29) is 29.7 Å². The number of furan rings is 1. The average molecular weight is 513 g/mol. The van der Waals surface area contributed by atoms with Gasteiger partial charge >= 0.3 is 0 Å². The molecular weight excluding hydrogens is 491 g/mol. The van der Waals surface area contributed by atoms with Crippen molar-refractivity contribution in [3.8, 4) is 5.75 Å². The van der Waals surface area contributed by atoms with Gasteiger partial charge in [-0.3, -0.25) is 13.8 Å². The third kappa shape index (κ3) is 6.55. The number of rotatable bonds is 10. The Kier molecular flexibility index (Phi) is 7.47. The van der Waals surface area contributed by atoms with Crippen molar-refractivity contribution in [3.63, 3.8) is 0 Å². The van der Waals surface area contributed by atoms with Crippen LogP contribution in [0.4, 0.5) is 4.39 Å². The molecule has 0 radical (unpaired) electrons. The normalized spacial score (nSPS) is 11.4. The smallest absolute Gasteiger partial charge is 0.267 e. The minimum Gasteiger partial charge on any atom is -0.481 e. The molecule has 2 heterocycles. The van der Waals surface area contributed by atoms with E-state index in [1.165, 1.54) is 18.2 Å². The molecule has 2 aromatic heterocycles. The topological polar surface area (TPSA) is 113 Å². The Balaban J connectivity index is 1.64. The highest BCUT2D eigenvalue weighted by molar-refractivity contribution is 7.85. The second-order valence-electron chi connectivity index (χ2n) is 7.87. The van der Waals surface area contributed by atoms with Crippen molar-refractivity contribution in [1.29, 1.82) is 0 Å². The first kappa shape index (κ1) is 25.1. The Hall–Kier alpha value is -4.02. The summed E-state index contributed by atoms with van der Waals surface area (Å²) >= 11 is 0. The molecule has 0 unspecified atom stereocenters. The minimum atomic E-state index is -3.83. The van der Waals surface area contributed by atoms with Gasteiger partial charge < -0.3 is 13.6 Å². The molecule has 4 rings (SSSR count). The number of benzene rings is 2. The SMILES string of the molecule is CS(=O)(=O)OCc1cc(=O)c(OCc2ccccc2)c(C(=O)c2ccc(Cc3ccc(F)cc3)o2)o1. The Morgan fingerprint density at radius 1 is 0.889 bits per heavy atom. The van der Waals surface area contributed by atoms with E-state index in [2.05, 4.69) is 0 Å². The lowest BCUT2D eigenvalue weighted by molar-refractivity contribution is 0.0965. The van der Waals surface area contributed by atoms with Crippen LogP contribution in [0.25, 0.3) is 0 Å². The molecule has 0 aliphatic rings. The maximum absolute atomic E-state index is 13.3.